The largest absolute Gasteiger partial charge is 0.433 e. The average Bonchev–Trinajstić information content (AvgIpc) is 3.36. The predicted octanol–water partition coefficient (Wildman–Crippen LogP) is 2.52. The molecule has 0 unspecified atom stereocenters. The SMILES string of the molecule is Cc1nc(C(F)(F)F)ccc1S(=O)(=O)N1CCN(CCC2CC2)CC1. The van der Waals surface area contributed by atoms with E-state index in [0.717, 1.165) is 31.0 Å². The maximum atomic E-state index is 12.7. The van der Waals surface area contributed by atoms with E-state index in [-0.39, 0.29) is 10.6 Å². The number of aryl methyl sites for hydroxylation is 1. The predicted molar refractivity (Wildman–Crippen MR) is 86.5 cm³/mol. The van der Waals surface area contributed by atoms with Crippen molar-refractivity contribution in [2.75, 3.05) is 32.7 Å². The summed E-state index contributed by atoms with van der Waals surface area (Å²) in [4.78, 5) is 5.54. The van der Waals surface area contributed by atoms with Gasteiger partial charge in [-0.05, 0) is 37.9 Å². The summed E-state index contributed by atoms with van der Waals surface area (Å²) >= 11 is 0. The minimum Gasteiger partial charge on any atom is -0.301 e. The van der Waals surface area contributed by atoms with Gasteiger partial charge in [0.15, 0.2) is 0 Å². The maximum absolute atomic E-state index is 12.7. The highest BCUT2D eigenvalue weighted by Gasteiger charge is 2.35. The first-order valence-corrected chi connectivity index (χ1v) is 9.89. The fourth-order valence-electron chi connectivity index (χ4n) is 3.08. The van der Waals surface area contributed by atoms with Crippen LogP contribution >= 0.6 is 0 Å². The van der Waals surface area contributed by atoms with E-state index in [2.05, 4.69) is 9.88 Å². The van der Waals surface area contributed by atoms with Gasteiger partial charge < -0.3 is 4.90 Å². The Kier molecular flexibility index (Phi) is 5.09. The fraction of sp³-hybridized carbons (Fsp3) is 0.688. The Hall–Kier alpha value is -1.19. The van der Waals surface area contributed by atoms with E-state index in [9.17, 15) is 21.6 Å². The van der Waals surface area contributed by atoms with Gasteiger partial charge >= 0.3 is 6.18 Å². The molecule has 0 bridgehead atoms. The molecule has 5 nitrogen and oxygen atoms in total. The van der Waals surface area contributed by atoms with Crippen LogP contribution in [0, 0.1) is 12.8 Å². The first-order chi connectivity index (χ1) is 11.7. The number of halogens is 3. The molecule has 3 rings (SSSR count). The molecule has 0 atom stereocenters. The first kappa shape index (κ1) is 18.6. The van der Waals surface area contributed by atoms with Crippen LogP contribution in [0.4, 0.5) is 13.2 Å². The molecule has 140 valence electrons. The van der Waals surface area contributed by atoms with Gasteiger partial charge in [-0.1, -0.05) is 12.8 Å². The topological polar surface area (TPSA) is 53.5 Å². The lowest BCUT2D eigenvalue weighted by Crippen LogP contribution is -2.48. The Morgan fingerprint density at radius 3 is 2.32 bits per heavy atom. The quantitative estimate of drug-likeness (QED) is 0.791. The van der Waals surface area contributed by atoms with Crippen LogP contribution < -0.4 is 0 Å². The number of alkyl halides is 3. The van der Waals surface area contributed by atoms with Crippen LogP contribution in [-0.2, 0) is 16.2 Å². The number of aromatic nitrogens is 1. The summed E-state index contributed by atoms with van der Waals surface area (Å²) in [7, 11) is -3.82. The second kappa shape index (κ2) is 6.85. The number of rotatable bonds is 5. The van der Waals surface area contributed by atoms with Gasteiger partial charge in [0.25, 0.3) is 0 Å². The lowest BCUT2D eigenvalue weighted by Gasteiger charge is -2.34. The maximum Gasteiger partial charge on any atom is 0.433 e. The summed E-state index contributed by atoms with van der Waals surface area (Å²) in [5.74, 6) is 0.836. The number of nitrogens with zero attached hydrogens (tertiary/aromatic N) is 3. The molecular formula is C16H22F3N3O2S. The van der Waals surface area contributed by atoms with E-state index in [1.54, 1.807) is 0 Å². The lowest BCUT2D eigenvalue weighted by atomic mass is 10.2. The summed E-state index contributed by atoms with van der Waals surface area (Å²) in [6.45, 7) is 4.30. The molecule has 1 aromatic heterocycles. The molecule has 2 heterocycles. The molecule has 0 N–H and O–H groups in total. The zero-order valence-corrected chi connectivity index (χ0v) is 14.9. The first-order valence-electron chi connectivity index (χ1n) is 8.45. The van der Waals surface area contributed by atoms with Crippen LogP contribution in [0.25, 0.3) is 0 Å². The zero-order valence-electron chi connectivity index (χ0n) is 14.1. The van der Waals surface area contributed by atoms with Gasteiger partial charge in [0.05, 0.1) is 5.69 Å². The van der Waals surface area contributed by atoms with Crippen molar-refractivity contribution in [1.82, 2.24) is 14.2 Å². The molecule has 0 amide bonds. The Morgan fingerprint density at radius 2 is 1.80 bits per heavy atom. The number of sulfonamides is 1. The van der Waals surface area contributed by atoms with Crippen LogP contribution in [0.15, 0.2) is 17.0 Å². The Bertz CT molecular complexity index is 725. The molecule has 0 radical (unpaired) electrons. The van der Waals surface area contributed by atoms with Gasteiger partial charge in [0.1, 0.15) is 10.6 Å². The molecule has 1 aromatic rings. The molecule has 1 saturated heterocycles. The monoisotopic (exact) mass is 377 g/mol. The second-order valence-corrected chi connectivity index (χ2v) is 8.66. The third-order valence-electron chi connectivity index (χ3n) is 4.83. The Morgan fingerprint density at radius 1 is 1.16 bits per heavy atom. The van der Waals surface area contributed by atoms with E-state index < -0.39 is 21.9 Å². The summed E-state index contributed by atoms with van der Waals surface area (Å²) in [5, 5.41) is 0. The third kappa shape index (κ3) is 4.32. The summed E-state index contributed by atoms with van der Waals surface area (Å²) in [6, 6.07) is 1.74. The summed E-state index contributed by atoms with van der Waals surface area (Å²) in [5.41, 5.74) is -1.19. The van der Waals surface area contributed by atoms with Gasteiger partial charge in [-0.15, -0.1) is 0 Å². The van der Waals surface area contributed by atoms with Gasteiger partial charge in [-0.3, -0.25) is 0 Å². The van der Waals surface area contributed by atoms with Crippen molar-refractivity contribution >= 4 is 10.0 Å². The van der Waals surface area contributed by atoms with Crippen molar-refractivity contribution in [3.63, 3.8) is 0 Å². The number of hydrogen-bond acceptors (Lipinski definition) is 4. The Balaban J connectivity index is 1.67. The minimum atomic E-state index is -4.58. The molecule has 1 aliphatic carbocycles. The molecule has 2 fully saturated rings. The van der Waals surface area contributed by atoms with Gasteiger partial charge in [0, 0.05) is 26.2 Å². The Labute approximate surface area is 145 Å². The van der Waals surface area contributed by atoms with Crippen LogP contribution in [0.2, 0.25) is 0 Å². The van der Waals surface area contributed by atoms with Crippen molar-refractivity contribution in [2.45, 2.75) is 37.3 Å². The molecule has 2 aliphatic rings. The zero-order chi connectivity index (χ0) is 18.2. The van der Waals surface area contributed by atoms with Crippen molar-refractivity contribution < 1.29 is 21.6 Å². The normalized spacial score (nSPS) is 20.8. The molecular weight excluding hydrogens is 355 g/mol. The highest BCUT2D eigenvalue weighted by atomic mass is 32.2. The number of hydrogen-bond donors (Lipinski definition) is 0. The summed E-state index contributed by atoms with van der Waals surface area (Å²) < 4.78 is 64.9. The van der Waals surface area contributed by atoms with Crippen molar-refractivity contribution in [3.8, 4) is 0 Å². The van der Waals surface area contributed by atoms with Crippen LogP contribution in [0.1, 0.15) is 30.7 Å². The number of piperazine rings is 1. The van der Waals surface area contributed by atoms with Crippen molar-refractivity contribution in [1.29, 1.82) is 0 Å². The van der Waals surface area contributed by atoms with Crippen molar-refractivity contribution in [3.05, 3.63) is 23.5 Å². The van der Waals surface area contributed by atoms with Crippen LogP contribution in [0.3, 0.4) is 0 Å². The number of pyridine rings is 1. The standard InChI is InChI=1S/C16H22F3N3O2S/c1-12-14(4-5-15(20-12)16(17,18)19)25(23,24)22-10-8-21(9-11-22)7-6-13-2-3-13/h4-5,13H,2-3,6-11H2,1H3. The highest BCUT2D eigenvalue weighted by molar-refractivity contribution is 7.89. The van der Waals surface area contributed by atoms with E-state index in [4.69, 9.17) is 0 Å². The van der Waals surface area contributed by atoms with Gasteiger partial charge in [-0.2, -0.15) is 17.5 Å². The minimum absolute atomic E-state index is 0.119. The molecule has 25 heavy (non-hydrogen) atoms. The van der Waals surface area contributed by atoms with E-state index in [0.29, 0.717) is 26.2 Å². The molecule has 0 aromatic carbocycles. The van der Waals surface area contributed by atoms with Crippen LogP contribution in [-0.4, -0.2) is 55.3 Å². The fourth-order valence-corrected chi connectivity index (χ4v) is 4.66. The molecule has 0 spiro atoms. The van der Waals surface area contributed by atoms with E-state index >= 15 is 0 Å². The van der Waals surface area contributed by atoms with Crippen molar-refractivity contribution in [2.24, 2.45) is 5.92 Å². The highest BCUT2D eigenvalue weighted by Crippen LogP contribution is 2.33. The van der Waals surface area contributed by atoms with E-state index in [1.807, 2.05) is 0 Å². The average molecular weight is 377 g/mol. The smallest absolute Gasteiger partial charge is 0.301 e. The van der Waals surface area contributed by atoms with E-state index in [1.165, 1.54) is 24.1 Å². The molecule has 1 aliphatic heterocycles. The van der Waals surface area contributed by atoms with Crippen LogP contribution in [0.5, 0.6) is 0 Å². The second-order valence-electron chi connectivity index (χ2n) is 6.76. The van der Waals surface area contributed by atoms with Gasteiger partial charge in [-0.25, -0.2) is 13.4 Å². The molecule has 9 heteroatoms. The third-order valence-corrected chi connectivity index (χ3v) is 6.86. The summed E-state index contributed by atoms with van der Waals surface area (Å²) in [6.07, 6.45) is -0.821. The van der Waals surface area contributed by atoms with Gasteiger partial charge in [0.2, 0.25) is 10.0 Å². The molecule has 1 saturated carbocycles. The lowest BCUT2D eigenvalue weighted by molar-refractivity contribution is -0.141.